The number of aryl methyl sites for hydroxylation is 1. The van der Waals surface area contributed by atoms with Crippen molar-refractivity contribution in [2.75, 3.05) is 5.32 Å². The minimum absolute atomic E-state index is 0.0888. The van der Waals surface area contributed by atoms with Crippen LogP contribution < -0.4 is 10.6 Å². The van der Waals surface area contributed by atoms with E-state index in [2.05, 4.69) is 30.6 Å². The Bertz CT molecular complexity index is 925. The molecule has 0 unspecified atom stereocenters. The van der Waals surface area contributed by atoms with Crippen LogP contribution in [0.5, 0.6) is 0 Å². The van der Waals surface area contributed by atoms with E-state index in [1.807, 2.05) is 31.3 Å². The number of anilines is 1. The molecule has 1 fully saturated rings. The van der Waals surface area contributed by atoms with Gasteiger partial charge in [-0.05, 0) is 37.5 Å². The number of aromatic nitrogens is 5. The fourth-order valence-electron chi connectivity index (χ4n) is 3.35. The lowest BCUT2D eigenvalue weighted by molar-refractivity contribution is 0.0929. The Kier molecular flexibility index (Phi) is 4.78. The van der Waals surface area contributed by atoms with Gasteiger partial charge >= 0.3 is 0 Å². The van der Waals surface area contributed by atoms with Gasteiger partial charge in [0.15, 0.2) is 0 Å². The molecule has 0 aromatic carbocycles. The van der Waals surface area contributed by atoms with Gasteiger partial charge in [-0.25, -0.2) is 15.0 Å². The van der Waals surface area contributed by atoms with Crippen LogP contribution in [0.3, 0.4) is 0 Å². The number of hydrogen-bond acceptors (Lipinski definition) is 6. The summed E-state index contributed by atoms with van der Waals surface area (Å²) < 4.78 is 1.72. The van der Waals surface area contributed by atoms with Crippen molar-refractivity contribution in [3.63, 3.8) is 0 Å². The highest BCUT2D eigenvalue weighted by Gasteiger charge is 2.27. The van der Waals surface area contributed by atoms with E-state index in [0.717, 1.165) is 30.7 Å². The van der Waals surface area contributed by atoms with E-state index in [-0.39, 0.29) is 18.0 Å². The number of amides is 1. The fraction of sp³-hybridized carbons (Fsp3) is 0.316. The smallest absolute Gasteiger partial charge is 0.269 e. The van der Waals surface area contributed by atoms with Gasteiger partial charge in [-0.3, -0.25) is 9.78 Å². The van der Waals surface area contributed by atoms with Gasteiger partial charge in [-0.15, -0.1) is 0 Å². The van der Waals surface area contributed by atoms with Gasteiger partial charge < -0.3 is 15.2 Å². The highest BCUT2D eigenvalue weighted by Crippen LogP contribution is 2.23. The van der Waals surface area contributed by atoms with Crippen LogP contribution >= 0.6 is 0 Å². The van der Waals surface area contributed by atoms with Crippen LogP contribution in [-0.2, 0) is 7.05 Å². The van der Waals surface area contributed by atoms with Crippen molar-refractivity contribution in [2.45, 2.75) is 31.3 Å². The van der Waals surface area contributed by atoms with Gasteiger partial charge in [-0.2, -0.15) is 0 Å². The number of carbonyl (C=O) groups excluding carboxylic acids is 1. The zero-order valence-corrected chi connectivity index (χ0v) is 15.0. The first-order valence-corrected chi connectivity index (χ1v) is 8.97. The fourth-order valence-corrected chi connectivity index (χ4v) is 3.35. The summed E-state index contributed by atoms with van der Waals surface area (Å²) in [5.41, 5.74) is 2.17. The SMILES string of the molecule is Cn1cncc1C(=O)N[C@H]1CC[C@H](Nc2nccc(-c3ccccn3)n2)C1. The van der Waals surface area contributed by atoms with E-state index < -0.39 is 0 Å². The number of rotatable bonds is 5. The van der Waals surface area contributed by atoms with Gasteiger partial charge in [0.1, 0.15) is 5.69 Å². The van der Waals surface area contributed by atoms with Crippen LogP contribution in [0.2, 0.25) is 0 Å². The second kappa shape index (κ2) is 7.53. The first kappa shape index (κ1) is 17.1. The van der Waals surface area contributed by atoms with E-state index in [1.54, 1.807) is 29.5 Å². The van der Waals surface area contributed by atoms with Crippen molar-refractivity contribution >= 4 is 11.9 Å². The first-order valence-electron chi connectivity index (χ1n) is 8.97. The van der Waals surface area contributed by atoms with Crippen LogP contribution in [0.1, 0.15) is 29.8 Å². The Balaban J connectivity index is 1.36. The Morgan fingerprint density at radius 1 is 1.11 bits per heavy atom. The molecule has 1 saturated carbocycles. The van der Waals surface area contributed by atoms with Gasteiger partial charge in [0.25, 0.3) is 5.91 Å². The first-order chi connectivity index (χ1) is 13.2. The summed E-state index contributed by atoms with van der Waals surface area (Å²) >= 11 is 0. The summed E-state index contributed by atoms with van der Waals surface area (Å²) in [5.74, 6) is 0.496. The summed E-state index contributed by atoms with van der Waals surface area (Å²) in [7, 11) is 1.81. The Labute approximate surface area is 157 Å². The summed E-state index contributed by atoms with van der Waals surface area (Å²) in [6.07, 6.45) is 9.39. The number of hydrogen-bond donors (Lipinski definition) is 2. The van der Waals surface area contributed by atoms with Crippen LogP contribution in [0, 0.1) is 0 Å². The molecule has 1 aliphatic rings. The molecule has 0 spiro atoms. The molecule has 1 aliphatic carbocycles. The molecule has 0 bridgehead atoms. The van der Waals surface area contributed by atoms with E-state index in [4.69, 9.17) is 0 Å². The average molecular weight is 363 g/mol. The van der Waals surface area contributed by atoms with Crippen molar-refractivity contribution in [1.82, 2.24) is 29.8 Å². The predicted molar refractivity (Wildman–Crippen MR) is 101 cm³/mol. The van der Waals surface area contributed by atoms with E-state index in [9.17, 15) is 4.79 Å². The van der Waals surface area contributed by atoms with E-state index in [0.29, 0.717) is 11.6 Å². The van der Waals surface area contributed by atoms with Gasteiger partial charge in [0.05, 0.1) is 23.9 Å². The van der Waals surface area contributed by atoms with Crippen molar-refractivity contribution < 1.29 is 4.79 Å². The van der Waals surface area contributed by atoms with Gasteiger partial charge in [0, 0.05) is 31.5 Å². The molecule has 4 rings (SSSR count). The second-order valence-corrected chi connectivity index (χ2v) is 6.69. The van der Waals surface area contributed by atoms with Gasteiger partial charge in [-0.1, -0.05) is 6.07 Å². The minimum Gasteiger partial charge on any atom is -0.351 e. The molecule has 1 amide bonds. The van der Waals surface area contributed by atoms with Crippen LogP contribution in [-0.4, -0.2) is 42.5 Å². The van der Waals surface area contributed by atoms with Crippen molar-refractivity contribution in [3.05, 3.63) is 54.9 Å². The zero-order valence-electron chi connectivity index (χ0n) is 15.0. The standard InChI is InChI=1S/C19H21N7O/c1-26-12-20-11-17(26)18(27)23-13-5-6-14(10-13)24-19-22-9-7-16(25-19)15-4-2-3-8-21-15/h2-4,7-9,11-14H,5-6,10H2,1H3,(H,23,27)(H,22,24,25)/t13-,14-/m0/s1. The molecule has 0 radical (unpaired) electrons. The van der Waals surface area contributed by atoms with E-state index in [1.165, 1.54) is 0 Å². The summed E-state index contributed by atoms with van der Waals surface area (Å²) in [5, 5.41) is 6.47. The number of nitrogens with one attached hydrogen (secondary N) is 2. The Hall–Kier alpha value is -3.29. The Morgan fingerprint density at radius 3 is 2.78 bits per heavy atom. The van der Waals surface area contributed by atoms with Crippen LogP contribution in [0.25, 0.3) is 11.4 Å². The molecule has 8 heteroatoms. The molecular formula is C19H21N7O. The van der Waals surface area contributed by atoms with Crippen LogP contribution in [0.15, 0.2) is 49.2 Å². The van der Waals surface area contributed by atoms with Crippen molar-refractivity contribution in [1.29, 1.82) is 0 Å². The minimum atomic E-state index is -0.0888. The predicted octanol–water partition coefficient (Wildman–Crippen LogP) is 2.04. The Morgan fingerprint density at radius 2 is 2.00 bits per heavy atom. The largest absolute Gasteiger partial charge is 0.351 e. The molecule has 27 heavy (non-hydrogen) atoms. The molecule has 3 aromatic heterocycles. The maximum atomic E-state index is 12.3. The molecule has 0 aliphatic heterocycles. The topological polar surface area (TPSA) is 97.6 Å². The summed E-state index contributed by atoms with van der Waals surface area (Å²) in [6, 6.07) is 7.93. The molecule has 3 aromatic rings. The normalized spacial score (nSPS) is 19.0. The third-order valence-corrected chi connectivity index (χ3v) is 4.73. The maximum absolute atomic E-state index is 12.3. The third-order valence-electron chi connectivity index (χ3n) is 4.73. The summed E-state index contributed by atoms with van der Waals surface area (Å²) in [6.45, 7) is 0. The lowest BCUT2D eigenvalue weighted by Crippen LogP contribution is -2.34. The molecule has 138 valence electrons. The zero-order chi connectivity index (χ0) is 18.6. The number of pyridine rings is 1. The third kappa shape index (κ3) is 3.94. The average Bonchev–Trinajstić information content (AvgIpc) is 3.31. The highest BCUT2D eigenvalue weighted by atomic mass is 16.2. The molecule has 8 nitrogen and oxygen atoms in total. The number of carbonyl (C=O) groups is 1. The molecule has 3 heterocycles. The second-order valence-electron chi connectivity index (χ2n) is 6.69. The number of imidazole rings is 1. The lowest BCUT2D eigenvalue weighted by atomic mass is 10.2. The molecule has 2 N–H and O–H groups in total. The monoisotopic (exact) mass is 363 g/mol. The maximum Gasteiger partial charge on any atom is 0.269 e. The molecule has 2 atom stereocenters. The highest BCUT2D eigenvalue weighted by molar-refractivity contribution is 5.92. The van der Waals surface area contributed by atoms with Crippen molar-refractivity contribution in [3.8, 4) is 11.4 Å². The quantitative estimate of drug-likeness (QED) is 0.720. The molecular weight excluding hydrogens is 342 g/mol. The van der Waals surface area contributed by atoms with Crippen LogP contribution in [0.4, 0.5) is 5.95 Å². The van der Waals surface area contributed by atoms with Crippen molar-refractivity contribution in [2.24, 2.45) is 7.05 Å². The van der Waals surface area contributed by atoms with E-state index >= 15 is 0 Å². The molecule has 0 saturated heterocycles. The van der Waals surface area contributed by atoms with Gasteiger partial charge in [0.2, 0.25) is 5.95 Å². The number of nitrogens with zero attached hydrogens (tertiary/aromatic N) is 5. The lowest BCUT2D eigenvalue weighted by Gasteiger charge is -2.15. The summed E-state index contributed by atoms with van der Waals surface area (Å²) in [4.78, 5) is 29.5.